The van der Waals surface area contributed by atoms with E-state index in [2.05, 4.69) is 21.2 Å². The summed E-state index contributed by atoms with van der Waals surface area (Å²) in [6, 6.07) is 18.0. The van der Waals surface area contributed by atoms with E-state index < -0.39 is 5.54 Å². The van der Waals surface area contributed by atoms with Crippen LogP contribution in [-0.2, 0) is 17.9 Å². The Labute approximate surface area is 190 Å². The first-order valence-electron chi connectivity index (χ1n) is 10.9. The molecule has 6 heteroatoms. The Morgan fingerprint density at radius 3 is 2.61 bits per heavy atom. The number of nitrogens with one attached hydrogen (secondary N) is 1. The zero-order valence-corrected chi connectivity index (χ0v) is 19.2. The molecule has 1 aliphatic heterocycles. The van der Waals surface area contributed by atoms with Crippen molar-refractivity contribution in [1.29, 1.82) is 0 Å². The molecule has 1 fully saturated rings. The van der Waals surface area contributed by atoms with Gasteiger partial charge in [-0.2, -0.15) is 0 Å². The summed E-state index contributed by atoms with van der Waals surface area (Å²) in [5.41, 5.74) is 1.63. The largest absolute Gasteiger partial charge is 0.351 e. The summed E-state index contributed by atoms with van der Waals surface area (Å²) < 4.78 is 2.95. The normalized spacial score (nSPS) is 21.5. The van der Waals surface area contributed by atoms with Gasteiger partial charge in [0.2, 0.25) is 5.91 Å². The topological polar surface area (TPSA) is 54.3 Å². The minimum absolute atomic E-state index is 0.0664. The van der Waals surface area contributed by atoms with Gasteiger partial charge in [0.1, 0.15) is 11.2 Å². The molecule has 2 aliphatic rings. The highest BCUT2D eigenvalue weighted by Gasteiger charge is 2.48. The van der Waals surface area contributed by atoms with Crippen LogP contribution in [0.1, 0.15) is 48.7 Å². The Morgan fingerprint density at radius 2 is 1.84 bits per heavy atom. The molecular weight excluding hydrogens is 454 g/mol. The Morgan fingerprint density at radius 1 is 1.13 bits per heavy atom. The molecule has 0 unspecified atom stereocenters. The van der Waals surface area contributed by atoms with Gasteiger partial charge in [0.05, 0.1) is 6.54 Å². The first kappa shape index (κ1) is 20.3. The van der Waals surface area contributed by atoms with E-state index in [1.54, 1.807) is 4.90 Å². The van der Waals surface area contributed by atoms with Gasteiger partial charge in [-0.1, -0.05) is 65.2 Å². The second-order valence-electron chi connectivity index (χ2n) is 8.89. The third-order valence-electron chi connectivity index (χ3n) is 6.80. The molecule has 1 aromatic heterocycles. The number of carbonyl (C=O) groups excluding carboxylic acids is 2. The van der Waals surface area contributed by atoms with E-state index in [1.165, 1.54) is 0 Å². The molecule has 1 aliphatic carbocycles. The Balaban J connectivity index is 1.58. The van der Waals surface area contributed by atoms with Gasteiger partial charge < -0.3 is 14.8 Å². The number of halogens is 1. The molecule has 0 radical (unpaired) electrons. The molecule has 160 valence electrons. The van der Waals surface area contributed by atoms with Crippen LogP contribution in [-0.4, -0.2) is 32.9 Å². The second kappa shape index (κ2) is 7.83. The van der Waals surface area contributed by atoms with Crippen LogP contribution in [0.2, 0.25) is 0 Å². The van der Waals surface area contributed by atoms with Crippen LogP contribution in [0, 0.1) is 0 Å². The zero-order chi connectivity index (χ0) is 21.6. The second-order valence-corrected chi connectivity index (χ2v) is 9.74. The number of aromatic nitrogens is 1. The Bertz CT molecular complexity index is 1160. The fourth-order valence-electron chi connectivity index (χ4n) is 4.96. The highest BCUT2D eigenvalue weighted by atomic mass is 79.9. The van der Waals surface area contributed by atoms with Crippen molar-refractivity contribution in [1.82, 2.24) is 14.8 Å². The highest BCUT2D eigenvalue weighted by Crippen LogP contribution is 2.34. The zero-order valence-electron chi connectivity index (χ0n) is 17.6. The van der Waals surface area contributed by atoms with Crippen molar-refractivity contribution in [3.8, 4) is 0 Å². The maximum Gasteiger partial charge on any atom is 0.271 e. The lowest BCUT2D eigenvalue weighted by Gasteiger charge is -2.44. The monoisotopic (exact) mass is 479 g/mol. The average Bonchev–Trinajstić information content (AvgIpc) is 3.40. The molecule has 0 spiro atoms. The van der Waals surface area contributed by atoms with Crippen LogP contribution in [0.4, 0.5) is 0 Å². The molecule has 1 saturated carbocycles. The van der Waals surface area contributed by atoms with E-state index in [4.69, 9.17) is 0 Å². The number of carbonyl (C=O) groups is 2. The van der Waals surface area contributed by atoms with Crippen LogP contribution in [0.25, 0.3) is 10.9 Å². The number of hydrogen-bond acceptors (Lipinski definition) is 2. The molecule has 2 heterocycles. The van der Waals surface area contributed by atoms with Crippen molar-refractivity contribution >= 4 is 38.6 Å². The van der Waals surface area contributed by atoms with Gasteiger partial charge in [0, 0.05) is 28.0 Å². The summed E-state index contributed by atoms with van der Waals surface area (Å²) >= 11 is 3.60. The quantitative estimate of drug-likeness (QED) is 0.579. The SMILES string of the molecule is C[C@@]1(C(=O)NC2CCCC2)Cn2c(cc3ccccc32)C(=O)N1Cc1ccccc1Br. The number of rotatable bonds is 4. The number of hydrogen-bond donors (Lipinski definition) is 1. The molecule has 1 N–H and O–H groups in total. The number of nitrogens with zero attached hydrogens (tertiary/aromatic N) is 2. The summed E-state index contributed by atoms with van der Waals surface area (Å²) in [7, 11) is 0. The van der Waals surface area contributed by atoms with E-state index in [1.807, 2.05) is 66.1 Å². The lowest BCUT2D eigenvalue weighted by atomic mass is 9.93. The van der Waals surface area contributed by atoms with Gasteiger partial charge in [-0.3, -0.25) is 9.59 Å². The Kier molecular flexibility index (Phi) is 5.13. The van der Waals surface area contributed by atoms with Crippen molar-refractivity contribution in [3.63, 3.8) is 0 Å². The van der Waals surface area contributed by atoms with E-state index in [0.29, 0.717) is 18.8 Å². The summed E-state index contributed by atoms with van der Waals surface area (Å²) in [4.78, 5) is 29.2. The average molecular weight is 480 g/mol. The molecule has 5 nitrogen and oxygen atoms in total. The summed E-state index contributed by atoms with van der Waals surface area (Å²) in [6.07, 6.45) is 4.32. The summed E-state index contributed by atoms with van der Waals surface area (Å²) in [6.45, 7) is 2.71. The number of para-hydroxylation sites is 1. The fourth-order valence-corrected chi connectivity index (χ4v) is 5.37. The minimum atomic E-state index is -0.982. The van der Waals surface area contributed by atoms with Gasteiger partial charge >= 0.3 is 0 Å². The molecule has 2 amide bonds. The maximum absolute atomic E-state index is 13.8. The molecule has 5 rings (SSSR count). The van der Waals surface area contributed by atoms with Gasteiger partial charge in [0.25, 0.3) is 5.91 Å². The maximum atomic E-state index is 13.8. The molecule has 0 saturated heterocycles. The Hall–Kier alpha value is -2.60. The minimum Gasteiger partial charge on any atom is -0.351 e. The first-order valence-corrected chi connectivity index (χ1v) is 11.7. The third-order valence-corrected chi connectivity index (χ3v) is 7.58. The lowest BCUT2D eigenvalue weighted by molar-refractivity contribution is -0.133. The van der Waals surface area contributed by atoms with Crippen LogP contribution in [0.3, 0.4) is 0 Å². The third kappa shape index (κ3) is 3.47. The predicted molar refractivity (Wildman–Crippen MR) is 125 cm³/mol. The standard InChI is InChI=1S/C25H26BrN3O2/c1-25(24(31)27-19-10-4-5-11-19)16-28-21-13-7-3-8-17(21)14-22(28)23(30)29(25)15-18-9-2-6-12-20(18)26/h2-3,6-9,12-14,19H,4-5,10-11,15-16H2,1H3,(H,27,31)/t25-/m0/s1. The van der Waals surface area contributed by atoms with E-state index in [-0.39, 0.29) is 17.9 Å². The number of amides is 2. The summed E-state index contributed by atoms with van der Waals surface area (Å²) in [5, 5.41) is 4.27. The molecule has 31 heavy (non-hydrogen) atoms. The smallest absolute Gasteiger partial charge is 0.271 e. The molecule has 1 atom stereocenters. The number of benzene rings is 2. The molecular formula is C25H26BrN3O2. The first-order chi connectivity index (χ1) is 15.0. The van der Waals surface area contributed by atoms with Crippen LogP contribution >= 0.6 is 15.9 Å². The fraction of sp³-hybridized carbons (Fsp3) is 0.360. The molecule has 0 bridgehead atoms. The van der Waals surface area contributed by atoms with Crippen molar-refractivity contribution in [2.24, 2.45) is 0 Å². The van der Waals surface area contributed by atoms with Gasteiger partial charge in [0.15, 0.2) is 0 Å². The molecule has 2 aromatic carbocycles. The van der Waals surface area contributed by atoms with Crippen molar-refractivity contribution < 1.29 is 9.59 Å². The van der Waals surface area contributed by atoms with Crippen molar-refractivity contribution in [2.75, 3.05) is 0 Å². The summed E-state index contributed by atoms with van der Waals surface area (Å²) in [5.74, 6) is -0.175. The number of fused-ring (bicyclic) bond motifs is 3. The van der Waals surface area contributed by atoms with Gasteiger partial charge in [-0.25, -0.2) is 0 Å². The predicted octanol–water partition coefficient (Wildman–Crippen LogP) is 4.88. The van der Waals surface area contributed by atoms with Crippen molar-refractivity contribution in [3.05, 3.63) is 70.3 Å². The lowest BCUT2D eigenvalue weighted by Crippen LogP contribution is -2.64. The van der Waals surface area contributed by atoms with E-state index in [0.717, 1.165) is 46.6 Å². The van der Waals surface area contributed by atoms with Crippen LogP contribution in [0.15, 0.2) is 59.1 Å². The molecule has 3 aromatic rings. The van der Waals surface area contributed by atoms with Crippen molar-refractivity contribution in [2.45, 2.75) is 57.3 Å². The van der Waals surface area contributed by atoms with E-state index in [9.17, 15) is 9.59 Å². The van der Waals surface area contributed by atoms with Crippen LogP contribution in [0.5, 0.6) is 0 Å². The van der Waals surface area contributed by atoms with E-state index >= 15 is 0 Å². The van der Waals surface area contributed by atoms with Crippen LogP contribution < -0.4 is 5.32 Å². The van der Waals surface area contributed by atoms with Gasteiger partial charge in [-0.15, -0.1) is 0 Å². The van der Waals surface area contributed by atoms with Gasteiger partial charge in [-0.05, 0) is 43.5 Å². The highest BCUT2D eigenvalue weighted by molar-refractivity contribution is 9.10.